The highest BCUT2D eigenvalue weighted by Gasteiger charge is 2.63. The first-order valence-electron chi connectivity index (χ1n) is 7.45. The Morgan fingerprint density at radius 2 is 1.35 bits per heavy atom. The van der Waals surface area contributed by atoms with Gasteiger partial charge in [0, 0.05) is 22.5 Å². The Morgan fingerprint density at radius 1 is 0.826 bits per heavy atom. The largest absolute Gasteiger partial charge is 0.324 e. The number of amides is 1. The molecule has 6 heteroatoms. The van der Waals surface area contributed by atoms with Crippen LogP contribution in [0.4, 0.5) is 0 Å². The number of nitrogens with zero attached hydrogens (tertiary/aromatic N) is 1. The third-order valence-electron chi connectivity index (χ3n) is 5.42. The summed E-state index contributed by atoms with van der Waals surface area (Å²) in [6.45, 7) is 0. The molecule has 1 saturated heterocycles. The minimum Gasteiger partial charge on any atom is -0.273 e. The molecule has 4 bridgehead atoms. The molecule has 0 saturated carbocycles. The van der Waals surface area contributed by atoms with Crippen molar-refractivity contribution >= 4 is 25.8 Å². The molecule has 2 aromatic carbocycles. The maximum absolute atomic E-state index is 12.9. The van der Waals surface area contributed by atoms with Gasteiger partial charge in [-0.2, -0.15) is 8.42 Å². The molecule has 3 unspecified atom stereocenters. The number of carbonyl (C=O) groups excluding carboxylic acids is 1. The van der Waals surface area contributed by atoms with Crippen LogP contribution in [0.15, 0.2) is 48.5 Å². The van der Waals surface area contributed by atoms with Crippen LogP contribution < -0.4 is 0 Å². The van der Waals surface area contributed by atoms with Crippen LogP contribution in [0.3, 0.4) is 0 Å². The Hall–Kier alpha value is -1.85. The fourth-order valence-electron chi connectivity index (χ4n) is 4.77. The van der Waals surface area contributed by atoms with Crippen molar-refractivity contribution in [1.82, 2.24) is 4.31 Å². The van der Waals surface area contributed by atoms with Gasteiger partial charge in [0.2, 0.25) is 5.91 Å². The average molecular weight is 346 g/mol. The predicted octanol–water partition coefficient (Wildman–Crippen LogP) is 2.91. The zero-order valence-corrected chi connectivity index (χ0v) is 13.5. The molecule has 0 spiro atoms. The SMILES string of the molecule is O=C1C2C3c4ccccc4C2[C@H](c2ccccc23)N1S(=O)(=O)Cl. The Kier molecular flexibility index (Phi) is 2.46. The molecule has 0 aromatic heterocycles. The molecule has 116 valence electrons. The van der Waals surface area contributed by atoms with E-state index >= 15 is 0 Å². The molecule has 23 heavy (non-hydrogen) atoms. The number of hydrogen-bond donors (Lipinski definition) is 0. The van der Waals surface area contributed by atoms with Crippen molar-refractivity contribution in [1.29, 1.82) is 0 Å². The Labute approximate surface area is 138 Å². The van der Waals surface area contributed by atoms with Crippen LogP contribution in [0.1, 0.15) is 40.1 Å². The van der Waals surface area contributed by atoms with Crippen LogP contribution in [0.25, 0.3) is 0 Å². The molecule has 1 heterocycles. The summed E-state index contributed by atoms with van der Waals surface area (Å²) in [7, 11) is 1.49. The zero-order valence-electron chi connectivity index (χ0n) is 11.9. The number of carbonyl (C=O) groups is 1. The maximum atomic E-state index is 12.9. The third kappa shape index (κ3) is 1.52. The standard InChI is InChI=1S/C17H12ClNO3S/c18-23(21,22)19-16-12-8-4-3-7-11(12)13-9-5-1-2-6-10(9)14(16)15(13)17(19)20/h1-8,13-16H/t13?,14?,15?,16-/m0/s1. The van der Waals surface area contributed by atoms with E-state index in [2.05, 4.69) is 0 Å². The summed E-state index contributed by atoms with van der Waals surface area (Å²) >= 11 is 0. The van der Waals surface area contributed by atoms with Crippen molar-refractivity contribution in [3.8, 4) is 0 Å². The van der Waals surface area contributed by atoms with Crippen LogP contribution in [-0.2, 0) is 14.0 Å². The van der Waals surface area contributed by atoms with Crippen molar-refractivity contribution < 1.29 is 13.2 Å². The van der Waals surface area contributed by atoms with E-state index in [4.69, 9.17) is 10.7 Å². The van der Waals surface area contributed by atoms with E-state index < -0.39 is 15.3 Å². The molecule has 0 radical (unpaired) electrons. The summed E-state index contributed by atoms with van der Waals surface area (Å²) in [5.74, 6) is -0.986. The molecule has 1 aliphatic heterocycles. The van der Waals surface area contributed by atoms with E-state index in [0.29, 0.717) is 0 Å². The summed E-state index contributed by atoms with van der Waals surface area (Å²) in [5.41, 5.74) is 4.14. The van der Waals surface area contributed by atoms with E-state index in [1.54, 1.807) is 0 Å². The van der Waals surface area contributed by atoms with Crippen LogP contribution in [0.5, 0.6) is 0 Å². The highest BCUT2D eigenvalue weighted by Crippen LogP contribution is 2.66. The zero-order chi connectivity index (χ0) is 15.9. The first-order valence-corrected chi connectivity index (χ1v) is 9.72. The van der Waals surface area contributed by atoms with Crippen molar-refractivity contribution in [2.45, 2.75) is 17.9 Å². The maximum Gasteiger partial charge on any atom is 0.324 e. The van der Waals surface area contributed by atoms with Gasteiger partial charge in [0.05, 0.1) is 12.0 Å². The first-order chi connectivity index (χ1) is 11.0. The predicted molar refractivity (Wildman–Crippen MR) is 85.3 cm³/mol. The summed E-state index contributed by atoms with van der Waals surface area (Å²) in [6.07, 6.45) is 0. The fourth-order valence-corrected chi connectivity index (χ4v) is 6.09. The van der Waals surface area contributed by atoms with Crippen molar-refractivity contribution in [3.63, 3.8) is 0 Å². The summed E-state index contributed by atoms with van der Waals surface area (Å²) in [6, 6.07) is 15.1. The lowest BCUT2D eigenvalue weighted by atomic mass is 9.73. The van der Waals surface area contributed by atoms with Gasteiger partial charge in [-0.25, -0.2) is 4.31 Å². The fraction of sp³-hybridized carbons (Fsp3) is 0.235. The monoisotopic (exact) mass is 345 g/mol. The second-order valence-corrected chi connectivity index (χ2v) is 8.70. The van der Waals surface area contributed by atoms with Gasteiger partial charge in [-0.1, -0.05) is 48.5 Å². The van der Waals surface area contributed by atoms with Gasteiger partial charge >= 0.3 is 9.24 Å². The van der Waals surface area contributed by atoms with E-state index in [-0.39, 0.29) is 23.7 Å². The number of hydrogen-bond acceptors (Lipinski definition) is 3. The smallest absolute Gasteiger partial charge is 0.273 e. The number of rotatable bonds is 1. The first kappa shape index (κ1) is 13.6. The lowest BCUT2D eigenvalue weighted by Gasteiger charge is -2.30. The molecule has 2 aliphatic carbocycles. The van der Waals surface area contributed by atoms with Gasteiger partial charge in [0.1, 0.15) is 0 Å². The molecule has 3 aliphatic rings. The molecule has 2 aromatic rings. The van der Waals surface area contributed by atoms with E-state index in [9.17, 15) is 13.2 Å². The molecule has 0 N–H and O–H groups in total. The number of benzene rings is 2. The summed E-state index contributed by atoms with van der Waals surface area (Å²) in [5, 5.41) is 0. The molecule has 4 atom stereocenters. The van der Waals surface area contributed by atoms with E-state index in [1.165, 1.54) is 0 Å². The summed E-state index contributed by atoms with van der Waals surface area (Å²) < 4.78 is 25.0. The third-order valence-corrected chi connectivity index (χ3v) is 6.74. The quantitative estimate of drug-likeness (QED) is 0.747. The molecular formula is C17H12ClNO3S. The molecule has 1 amide bonds. The van der Waals surface area contributed by atoms with Gasteiger partial charge in [-0.05, 0) is 22.3 Å². The molecule has 4 nitrogen and oxygen atoms in total. The highest BCUT2D eigenvalue weighted by molar-refractivity contribution is 8.12. The molecule has 1 fully saturated rings. The van der Waals surface area contributed by atoms with Gasteiger partial charge in [0.25, 0.3) is 0 Å². The van der Waals surface area contributed by atoms with Gasteiger partial charge in [-0.3, -0.25) is 4.79 Å². The summed E-state index contributed by atoms with van der Waals surface area (Å²) in [4.78, 5) is 12.9. The van der Waals surface area contributed by atoms with Crippen LogP contribution >= 0.6 is 10.7 Å². The second kappa shape index (κ2) is 4.16. The van der Waals surface area contributed by atoms with E-state index in [0.717, 1.165) is 26.6 Å². The van der Waals surface area contributed by atoms with Gasteiger partial charge in [-0.15, -0.1) is 0 Å². The Balaban J connectivity index is 1.88. The minimum absolute atomic E-state index is 0.0837. The van der Waals surface area contributed by atoms with Crippen molar-refractivity contribution in [3.05, 3.63) is 70.8 Å². The van der Waals surface area contributed by atoms with Crippen LogP contribution in [0, 0.1) is 5.92 Å². The van der Waals surface area contributed by atoms with Crippen molar-refractivity contribution in [2.75, 3.05) is 0 Å². The molecular weight excluding hydrogens is 334 g/mol. The number of halogens is 1. The molecule has 5 rings (SSSR count). The normalized spacial score (nSPS) is 30.3. The van der Waals surface area contributed by atoms with Gasteiger partial charge < -0.3 is 0 Å². The van der Waals surface area contributed by atoms with Crippen molar-refractivity contribution in [2.24, 2.45) is 5.92 Å². The lowest BCUT2D eigenvalue weighted by Crippen LogP contribution is -2.32. The second-order valence-electron chi connectivity index (χ2n) is 6.31. The highest BCUT2D eigenvalue weighted by atomic mass is 35.7. The Bertz CT molecular complexity index is 971. The topological polar surface area (TPSA) is 54.5 Å². The van der Waals surface area contributed by atoms with E-state index in [1.807, 2.05) is 48.5 Å². The van der Waals surface area contributed by atoms with Crippen LogP contribution in [-0.4, -0.2) is 18.6 Å². The average Bonchev–Trinajstić information content (AvgIpc) is 2.93. The minimum atomic E-state index is -4.12. The number of fused-ring (bicyclic) bond motifs is 5. The van der Waals surface area contributed by atoms with Gasteiger partial charge in [0.15, 0.2) is 0 Å². The Morgan fingerprint density at radius 3 is 1.96 bits per heavy atom. The lowest BCUT2D eigenvalue weighted by molar-refractivity contribution is -0.127. The van der Waals surface area contributed by atoms with Crippen LogP contribution in [0.2, 0.25) is 0 Å².